The molecule has 1 fully saturated rings. The number of hydrogen-bond donors (Lipinski definition) is 2. The molecule has 1 aliphatic heterocycles. The Bertz CT molecular complexity index is 490. The zero-order valence-corrected chi connectivity index (χ0v) is 10.6. The van der Waals surface area contributed by atoms with Gasteiger partial charge in [-0.3, -0.25) is 9.59 Å². The summed E-state index contributed by atoms with van der Waals surface area (Å²) in [5, 5.41) is 0. The summed E-state index contributed by atoms with van der Waals surface area (Å²) in [4.78, 5) is 24.4. The average Bonchev–Trinajstić information content (AvgIpc) is 2.64. The van der Waals surface area contributed by atoms with E-state index in [2.05, 4.69) is 15.9 Å². The number of benzene rings is 1. The quantitative estimate of drug-likeness (QED) is 0.794. The van der Waals surface area contributed by atoms with Crippen LogP contribution in [0.2, 0.25) is 0 Å². The van der Waals surface area contributed by atoms with Gasteiger partial charge in [0.05, 0.1) is 17.3 Å². The van der Waals surface area contributed by atoms with Gasteiger partial charge in [0.1, 0.15) is 0 Å². The SMILES string of the molecule is NC(=O)C1CC(=O)N(c2cc(Br)ccc2N)C1. The Morgan fingerprint density at radius 2 is 2.18 bits per heavy atom. The molecule has 1 heterocycles. The van der Waals surface area contributed by atoms with Crippen LogP contribution < -0.4 is 16.4 Å². The summed E-state index contributed by atoms with van der Waals surface area (Å²) >= 11 is 3.32. The first kappa shape index (κ1) is 11.9. The van der Waals surface area contributed by atoms with Crippen LogP contribution in [-0.2, 0) is 9.59 Å². The molecule has 90 valence electrons. The number of hydrogen-bond acceptors (Lipinski definition) is 3. The highest BCUT2D eigenvalue weighted by Crippen LogP contribution is 2.31. The molecule has 1 aliphatic rings. The number of nitrogen functional groups attached to an aromatic ring is 1. The van der Waals surface area contributed by atoms with Crippen LogP contribution >= 0.6 is 15.9 Å². The van der Waals surface area contributed by atoms with Crippen molar-refractivity contribution in [2.24, 2.45) is 11.7 Å². The third kappa shape index (κ3) is 2.26. The van der Waals surface area contributed by atoms with E-state index >= 15 is 0 Å². The third-order valence-corrected chi connectivity index (χ3v) is 3.30. The summed E-state index contributed by atoms with van der Waals surface area (Å²) < 4.78 is 0.831. The predicted octanol–water partition coefficient (Wildman–Crippen LogP) is 0.869. The molecule has 0 aliphatic carbocycles. The molecular formula is C11H12BrN3O2. The zero-order chi connectivity index (χ0) is 12.6. The van der Waals surface area contributed by atoms with Crippen LogP contribution in [0.1, 0.15) is 6.42 Å². The van der Waals surface area contributed by atoms with E-state index in [0.29, 0.717) is 17.9 Å². The van der Waals surface area contributed by atoms with E-state index in [1.165, 1.54) is 4.90 Å². The van der Waals surface area contributed by atoms with Gasteiger partial charge >= 0.3 is 0 Å². The van der Waals surface area contributed by atoms with Gasteiger partial charge in [0.2, 0.25) is 11.8 Å². The van der Waals surface area contributed by atoms with E-state index in [1.54, 1.807) is 18.2 Å². The minimum Gasteiger partial charge on any atom is -0.397 e. The molecule has 1 aromatic rings. The molecule has 2 amide bonds. The fourth-order valence-corrected chi connectivity index (χ4v) is 2.23. The maximum Gasteiger partial charge on any atom is 0.227 e. The summed E-state index contributed by atoms with van der Waals surface area (Å²) in [6, 6.07) is 5.27. The number of nitrogens with two attached hydrogens (primary N) is 2. The number of carbonyl (C=O) groups excluding carboxylic acids is 2. The molecule has 0 aromatic heterocycles. The highest BCUT2D eigenvalue weighted by molar-refractivity contribution is 9.10. The molecule has 1 unspecified atom stereocenters. The van der Waals surface area contributed by atoms with E-state index in [9.17, 15) is 9.59 Å². The van der Waals surface area contributed by atoms with Crippen molar-refractivity contribution in [3.63, 3.8) is 0 Å². The number of halogens is 1. The predicted molar refractivity (Wildman–Crippen MR) is 68.2 cm³/mol. The Morgan fingerprint density at radius 3 is 2.76 bits per heavy atom. The highest BCUT2D eigenvalue weighted by atomic mass is 79.9. The van der Waals surface area contributed by atoms with Gasteiger partial charge in [0.15, 0.2) is 0 Å². The van der Waals surface area contributed by atoms with Crippen molar-refractivity contribution in [1.82, 2.24) is 0 Å². The van der Waals surface area contributed by atoms with Crippen LogP contribution in [0.3, 0.4) is 0 Å². The van der Waals surface area contributed by atoms with Gasteiger partial charge in [-0.2, -0.15) is 0 Å². The van der Waals surface area contributed by atoms with E-state index in [-0.39, 0.29) is 12.3 Å². The fraction of sp³-hybridized carbons (Fsp3) is 0.273. The lowest BCUT2D eigenvalue weighted by molar-refractivity contribution is -0.123. The second kappa shape index (κ2) is 4.37. The third-order valence-electron chi connectivity index (χ3n) is 2.81. The van der Waals surface area contributed by atoms with Crippen molar-refractivity contribution in [3.8, 4) is 0 Å². The van der Waals surface area contributed by atoms with Gasteiger partial charge in [-0.1, -0.05) is 15.9 Å². The second-order valence-electron chi connectivity index (χ2n) is 4.01. The Morgan fingerprint density at radius 1 is 1.47 bits per heavy atom. The van der Waals surface area contributed by atoms with Crippen molar-refractivity contribution in [2.75, 3.05) is 17.2 Å². The standard InChI is InChI=1S/C11H12BrN3O2/c12-7-1-2-8(13)9(4-7)15-5-6(11(14)17)3-10(15)16/h1-2,4,6H,3,5,13H2,(H2,14,17). The number of nitrogens with zero attached hydrogens (tertiary/aromatic N) is 1. The molecule has 4 N–H and O–H groups in total. The van der Waals surface area contributed by atoms with Crippen LogP contribution in [0, 0.1) is 5.92 Å². The summed E-state index contributed by atoms with van der Waals surface area (Å²) in [6.07, 6.45) is 0.154. The largest absolute Gasteiger partial charge is 0.397 e. The van der Waals surface area contributed by atoms with Crippen molar-refractivity contribution >= 4 is 39.1 Å². The molecule has 0 bridgehead atoms. The maximum atomic E-state index is 11.8. The molecular weight excluding hydrogens is 286 g/mol. The average molecular weight is 298 g/mol. The zero-order valence-electron chi connectivity index (χ0n) is 9.02. The maximum absolute atomic E-state index is 11.8. The molecule has 5 nitrogen and oxygen atoms in total. The normalized spacial score (nSPS) is 19.7. The van der Waals surface area contributed by atoms with Crippen LogP contribution in [0.15, 0.2) is 22.7 Å². The number of carbonyl (C=O) groups is 2. The number of rotatable bonds is 2. The lowest BCUT2D eigenvalue weighted by Crippen LogP contribution is -2.28. The number of primary amides is 1. The van der Waals surface area contributed by atoms with Gasteiger partial charge in [0.25, 0.3) is 0 Å². The van der Waals surface area contributed by atoms with Crippen molar-refractivity contribution in [2.45, 2.75) is 6.42 Å². The van der Waals surface area contributed by atoms with Gasteiger partial charge in [-0.25, -0.2) is 0 Å². The summed E-state index contributed by atoms with van der Waals surface area (Å²) in [5.41, 5.74) is 12.2. The first-order valence-electron chi connectivity index (χ1n) is 5.13. The monoisotopic (exact) mass is 297 g/mol. The Labute approximate surface area is 107 Å². The van der Waals surface area contributed by atoms with Crippen LogP contribution in [0.5, 0.6) is 0 Å². The number of amides is 2. The van der Waals surface area contributed by atoms with Crippen molar-refractivity contribution in [3.05, 3.63) is 22.7 Å². The molecule has 2 rings (SSSR count). The van der Waals surface area contributed by atoms with Gasteiger partial charge < -0.3 is 16.4 Å². The first-order chi connectivity index (χ1) is 7.99. The Kier molecular flexibility index (Phi) is 3.06. The molecule has 0 radical (unpaired) electrons. The second-order valence-corrected chi connectivity index (χ2v) is 4.93. The fourth-order valence-electron chi connectivity index (χ4n) is 1.88. The smallest absolute Gasteiger partial charge is 0.227 e. The van der Waals surface area contributed by atoms with Crippen LogP contribution in [-0.4, -0.2) is 18.4 Å². The van der Waals surface area contributed by atoms with Crippen molar-refractivity contribution in [1.29, 1.82) is 0 Å². The van der Waals surface area contributed by atoms with Gasteiger partial charge in [-0.15, -0.1) is 0 Å². The molecule has 6 heteroatoms. The Hall–Kier alpha value is -1.56. The molecule has 1 aromatic carbocycles. The first-order valence-corrected chi connectivity index (χ1v) is 5.93. The van der Waals surface area contributed by atoms with E-state index < -0.39 is 11.8 Å². The molecule has 1 atom stereocenters. The Balaban J connectivity index is 2.32. The molecule has 0 saturated carbocycles. The topological polar surface area (TPSA) is 89.4 Å². The van der Waals surface area contributed by atoms with Gasteiger partial charge in [-0.05, 0) is 18.2 Å². The van der Waals surface area contributed by atoms with Gasteiger partial charge in [0, 0.05) is 17.4 Å². The summed E-state index contributed by atoms with van der Waals surface area (Å²) in [7, 11) is 0. The van der Waals surface area contributed by atoms with Crippen molar-refractivity contribution < 1.29 is 9.59 Å². The van der Waals surface area contributed by atoms with E-state index in [4.69, 9.17) is 11.5 Å². The molecule has 0 spiro atoms. The number of anilines is 2. The summed E-state index contributed by atoms with van der Waals surface area (Å²) in [6.45, 7) is 0.300. The minimum atomic E-state index is -0.450. The van der Waals surface area contributed by atoms with E-state index in [1.807, 2.05) is 0 Å². The van der Waals surface area contributed by atoms with Crippen LogP contribution in [0.4, 0.5) is 11.4 Å². The van der Waals surface area contributed by atoms with Crippen LogP contribution in [0.25, 0.3) is 0 Å². The molecule has 17 heavy (non-hydrogen) atoms. The highest BCUT2D eigenvalue weighted by Gasteiger charge is 2.34. The minimum absolute atomic E-state index is 0.126. The molecule has 1 saturated heterocycles. The van der Waals surface area contributed by atoms with E-state index in [0.717, 1.165) is 4.47 Å². The lowest BCUT2D eigenvalue weighted by atomic mass is 10.1. The summed E-state index contributed by atoms with van der Waals surface area (Å²) in [5.74, 6) is -1.01. The lowest BCUT2D eigenvalue weighted by Gasteiger charge is -2.18.